The number of nitrogens with zero attached hydrogens (tertiary/aromatic N) is 1. The average Bonchev–Trinajstić information content (AvgIpc) is 2.13. The third-order valence-electron chi connectivity index (χ3n) is 2.26. The van der Waals surface area contributed by atoms with Crippen molar-refractivity contribution in [2.45, 2.75) is 26.8 Å². The van der Waals surface area contributed by atoms with E-state index in [2.05, 4.69) is 24.1 Å². The Morgan fingerprint density at radius 1 is 1.38 bits per heavy atom. The van der Waals surface area contributed by atoms with E-state index in [1.54, 1.807) is 0 Å². The molecule has 0 aromatic carbocycles. The van der Waals surface area contributed by atoms with E-state index in [1.165, 1.54) is 0 Å². The van der Waals surface area contributed by atoms with Crippen molar-refractivity contribution >= 4 is 0 Å². The monoisotopic (exact) mass is 188 g/mol. The highest BCUT2D eigenvalue weighted by Crippen LogP contribution is 1.96. The molecule has 0 aliphatic rings. The Hall–Kier alpha value is -0.120. The number of nitrogens with one attached hydrogen (secondary N) is 1. The van der Waals surface area contributed by atoms with E-state index in [1.807, 2.05) is 14.0 Å². The van der Waals surface area contributed by atoms with Crippen LogP contribution in [0.15, 0.2) is 0 Å². The largest absolute Gasteiger partial charge is 0.380 e. The number of rotatable bonds is 8. The molecule has 13 heavy (non-hydrogen) atoms. The van der Waals surface area contributed by atoms with Crippen LogP contribution < -0.4 is 5.32 Å². The van der Waals surface area contributed by atoms with Crippen molar-refractivity contribution in [3.05, 3.63) is 0 Å². The summed E-state index contributed by atoms with van der Waals surface area (Å²) in [4.78, 5) is 2.42. The van der Waals surface area contributed by atoms with Gasteiger partial charge in [-0.25, -0.2) is 0 Å². The van der Waals surface area contributed by atoms with Crippen molar-refractivity contribution in [2.24, 2.45) is 0 Å². The van der Waals surface area contributed by atoms with Gasteiger partial charge in [-0.05, 0) is 27.4 Å². The van der Waals surface area contributed by atoms with E-state index in [-0.39, 0.29) is 0 Å². The Morgan fingerprint density at radius 2 is 2.08 bits per heavy atom. The molecule has 3 nitrogen and oxygen atoms in total. The third-order valence-corrected chi connectivity index (χ3v) is 2.26. The van der Waals surface area contributed by atoms with Crippen molar-refractivity contribution in [3.8, 4) is 0 Å². The smallest absolute Gasteiger partial charge is 0.0593 e. The van der Waals surface area contributed by atoms with E-state index < -0.39 is 0 Å². The van der Waals surface area contributed by atoms with Gasteiger partial charge in [0.15, 0.2) is 0 Å². The Morgan fingerprint density at radius 3 is 2.54 bits per heavy atom. The standard InChI is InChI=1S/C10H24N2O/c1-5-12(7-8-13-6-2)10(3)9-11-4/h10-11H,5-9H2,1-4H3. The molecule has 0 spiro atoms. The zero-order valence-electron chi connectivity index (χ0n) is 9.47. The van der Waals surface area contributed by atoms with E-state index in [0.29, 0.717) is 6.04 Å². The lowest BCUT2D eigenvalue weighted by molar-refractivity contribution is 0.100. The van der Waals surface area contributed by atoms with Crippen molar-refractivity contribution < 1.29 is 4.74 Å². The molecule has 0 bridgehead atoms. The van der Waals surface area contributed by atoms with Crippen LogP contribution in [0.4, 0.5) is 0 Å². The quantitative estimate of drug-likeness (QED) is 0.574. The molecule has 0 heterocycles. The molecule has 1 atom stereocenters. The summed E-state index contributed by atoms with van der Waals surface area (Å²) in [5.41, 5.74) is 0. The molecule has 0 aliphatic carbocycles. The predicted octanol–water partition coefficient (Wildman–Crippen LogP) is 0.953. The normalized spacial score (nSPS) is 13.6. The molecule has 0 aromatic rings. The molecule has 0 radical (unpaired) electrons. The predicted molar refractivity (Wildman–Crippen MR) is 57.1 cm³/mol. The molecular weight excluding hydrogens is 164 g/mol. The summed E-state index contributed by atoms with van der Waals surface area (Å²) in [7, 11) is 1.99. The molecule has 0 amide bonds. The van der Waals surface area contributed by atoms with E-state index >= 15 is 0 Å². The lowest BCUT2D eigenvalue weighted by atomic mass is 10.3. The molecule has 0 saturated heterocycles. The van der Waals surface area contributed by atoms with Gasteiger partial charge in [-0.1, -0.05) is 6.92 Å². The van der Waals surface area contributed by atoms with Gasteiger partial charge in [0, 0.05) is 25.7 Å². The van der Waals surface area contributed by atoms with Crippen LogP contribution in [0.1, 0.15) is 20.8 Å². The topological polar surface area (TPSA) is 24.5 Å². The van der Waals surface area contributed by atoms with Gasteiger partial charge in [0.25, 0.3) is 0 Å². The molecule has 0 aromatic heterocycles. The molecule has 1 unspecified atom stereocenters. The maximum atomic E-state index is 5.33. The maximum absolute atomic E-state index is 5.33. The number of hydrogen-bond donors (Lipinski definition) is 1. The Labute approximate surface area is 82.4 Å². The van der Waals surface area contributed by atoms with Crippen molar-refractivity contribution in [2.75, 3.05) is 39.9 Å². The van der Waals surface area contributed by atoms with Crippen LogP contribution in [0.3, 0.4) is 0 Å². The first-order valence-corrected chi connectivity index (χ1v) is 5.22. The summed E-state index contributed by atoms with van der Waals surface area (Å²) >= 11 is 0. The maximum Gasteiger partial charge on any atom is 0.0593 e. The van der Waals surface area contributed by atoms with Crippen LogP contribution in [0.25, 0.3) is 0 Å². The van der Waals surface area contributed by atoms with E-state index in [9.17, 15) is 0 Å². The molecule has 80 valence electrons. The fraction of sp³-hybridized carbons (Fsp3) is 1.00. The minimum absolute atomic E-state index is 0.593. The lowest BCUT2D eigenvalue weighted by Gasteiger charge is -2.27. The van der Waals surface area contributed by atoms with Gasteiger partial charge < -0.3 is 10.1 Å². The SMILES string of the molecule is CCOCCN(CC)C(C)CNC. The van der Waals surface area contributed by atoms with Crippen LogP contribution in [0.5, 0.6) is 0 Å². The minimum atomic E-state index is 0.593. The van der Waals surface area contributed by atoms with Gasteiger partial charge >= 0.3 is 0 Å². The number of ether oxygens (including phenoxy) is 1. The van der Waals surface area contributed by atoms with Gasteiger partial charge in [0.2, 0.25) is 0 Å². The lowest BCUT2D eigenvalue weighted by Crippen LogP contribution is -2.41. The molecule has 0 saturated carbocycles. The third kappa shape index (κ3) is 6.02. The van der Waals surface area contributed by atoms with Crippen molar-refractivity contribution in [1.29, 1.82) is 0 Å². The second-order valence-corrected chi connectivity index (χ2v) is 3.23. The fourth-order valence-corrected chi connectivity index (χ4v) is 1.44. The first-order chi connectivity index (χ1) is 6.26. The molecule has 0 rings (SSSR count). The van der Waals surface area contributed by atoms with Gasteiger partial charge in [-0.3, -0.25) is 4.90 Å². The van der Waals surface area contributed by atoms with Gasteiger partial charge in [-0.2, -0.15) is 0 Å². The van der Waals surface area contributed by atoms with Crippen LogP contribution in [0, 0.1) is 0 Å². The number of hydrogen-bond acceptors (Lipinski definition) is 3. The highest BCUT2D eigenvalue weighted by molar-refractivity contribution is 4.67. The molecule has 0 fully saturated rings. The summed E-state index contributed by atoms with van der Waals surface area (Å²) in [5, 5.41) is 3.19. The summed E-state index contributed by atoms with van der Waals surface area (Å²) in [6.45, 7) is 11.3. The first-order valence-electron chi connectivity index (χ1n) is 5.22. The molecule has 1 N–H and O–H groups in total. The van der Waals surface area contributed by atoms with E-state index in [4.69, 9.17) is 4.74 Å². The van der Waals surface area contributed by atoms with E-state index in [0.717, 1.165) is 32.8 Å². The van der Waals surface area contributed by atoms with Gasteiger partial charge in [0.05, 0.1) is 6.61 Å². The number of likely N-dealkylation sites (N-methyl/N-ethyl adjacent to an activating group) is 2. The Kier molecular flexibility index (Phi) is 8.40. The van der Waals surface area contributed by atoms with Gasteiger partial charge in [0.1, 0.15) is 0 Å². The highest BCUT2D eigenvalue weighted by Gasteiger charge is 2.09. The van der Waals surface area contributed by atoms with Crippen LogP contribution in [-0.2, 0) is 4.74 Å². The molecular formula is C10H24N2O. The Balaban J connectivity index is 3.60. The van der Waals surface area contributed by atoms with Crippen LogP contribution >= 0.6 is 0 Å². The molecule has 3 heteroatoms. The average molecular weight is 188 g/mol. The summed E-state index contributed by atoms with van der Waals surface area (Å²) in [6.07, 6.45) is 0. The van der Waals surface area contributed by atoms with Crippen LogP contribution in [-0.4, -0.2) is 50.8 Å². The summed E-state index contributed by atoms with van der Waals surface area (Å²) in [6, 6.07) is 0.593. The van der Waals surface area contributed by atoms with Crippen molar-refractivity contribution in [1.82, 2.24) is 10.2 Å². The highest BCUT2D eigenvalue weighted by atomic mass is 16.5. The second kappa shape index (κ2) is 8.48. The Bertz CT molecular complexity index is 109. The summed E-state index contributed by atoms with van der Waals surface area (Å²) in [5.74, 6) is 0. The fourth-order valence-electron chi connectivity index (χ4n) is 1.44. The zero-order valence-corrected chi connectivity index (χ0v) is 9.47. The van der Waals surface area contributed by atoms with Crippen molar-refractivity contribution in [3.63, 3.8) is 0 Å². The van der Waals surface area contributed by atoms with Gasteiger partial charge in [-0.15, -0.1) is 0 Å². The second-order valence-electron chi connectivity index (χ2n) is 3.23. The molecule has 0 aliphatic heterocycles. The first kappa shape index (κ1) is 12.9. The zero-order chi connectivity index (χ0) is 10.1. The minimum Gasteiger partial charge on any atom is -0.380 e. The van der Waals surface area contributed by atoms with Crippen LogP contribution in [0.2, 0.25) is 0 Å². The summed E-state index contributed by atoms with van der Waals surface area (Å²) < 4.78 is 5.33.